The van der Waals surface area contributed by atoms with Gasteiger partial charge in [0.2, 0.25) is 0 Å². The minimum absolute atomic E-state index is 0.0965. The minimum atomic E-state index is 0.0965. The van der Waals surface area contributed by atoms with E-state index < -0.39 is 0 Å². The normalized spacial score (nSPS) is 12.5. The summed E-state index contributed by atoms with van der Waals surface area (Å²) in [6.45, 7) is 2.06. The predicted octanol–water partition coefficient (Wildman–Crippen LogP) is 2.53. The summed E-state index contributed by atoms with van der Waals surface area (Å²) >= 11 is 0. The first-order valence-electron chi connectivity index (χ1n) is 5.79. The van der Waals surface area contributed by atoms with Gasteiger partial charge in [-0.2, -0.15) is 5.10 Å². The Kier molecular flexibility index (Phi) is 2.64. The van der Waals surface area contributed by atoms with Gasteiger partial charge in [0.05, 0.1) is 29.6 Å². The van der Waals surface area contributed by atoms with Crippen LogP contribution in [0.25, 0.3) is 10.9 Å². The molecular weight excluding hydrogens is 226 g/mol. The number of H-pyrrole nitrogens is 1. The van der Waals surface area contributed by atoms with E-state index in [9.17, 15) is 0 Å². The highest BCUT2D eigenvalue weighted by Gasteiger charge is 2.09. The summed E-state index contributed by atoms with van der Waals surface area (Å²) in [5, 5.41) is 11.5. The molecule has 1 atom stereocenters. The van der Waals surface area contributed by atoms with Crippen molar-refractivity contribution < 1.29 is 0 Å². The van der Waals surface area contributed by atoms with Crippen LogP contribution in [0.5, 0.6) is 0 Å². The van der Waals surface area contributed by atoms with E-state index in [0.717, 1.165) is 22.3 Å². The van der Waals surface area contributed by atoms with Gasteiger partial charge in [0.1, 0.15) is 0 Å². The van der Waals surface area contributed by atoms with Crippen LogP contribution in [-0.2, 0) is 0 Å². The molecule has 0 saturated heterocycles. The van der Waals surface area contributed by atoms with E-state index in [0.29, 0.717) is 0 Å². The Hall–Kier alpha value is -2.43. The lowest BCUT2D eigenvalue weighted by molar-refractivity contribution is 0.829. The lowest BCUT2D eigenvalue weighted by atomic mass is 10.2. The van der Waals surface area contributed by atoms with E-state index >= 15 is 0 Å². The Morgan fingerprint density at radius 2 is 2.17 bits per heavy atom. The summed E-state index contributed by atoms with van der Waals surface area (Å²) in [6.07, 6.45) is 6.97. The highest BCUT2D eigenvalue weighted by Crippen LogP contribution is 2.24. The van der Waals surface area contributed by atoms with E-state index in [1.54, 1.807) is 18.6 Å². The van der Waals surface area contributed by atoms with Crippen molar-refractivity contribution >= 4 is 16.6 Å². The molecule has 5 nitrogen and oxygen atoms in total. The lowest BCUT2D eigenvalue weighted by Crippen LogP contribution is -2.08. The van der Waals surface area contributed by atoms with Crippen LogP contribution in [0.4, 0.5) is 5.69 Å². The predicted molar refractivity (Wildman–Crippen MR) is 70.2 cm³/mol. The lowest BCUT2D eigenvalue weighted by Gasteiger charge is -2.14. The Morgan fingerprint density at radius 1 is 1.22 bits per heavy atom. The summed E-state index contributed by atoms with van der Waals surface area (Å²) in [6, 6.07) is 6.12. The highest BCUT2D eigenvalue weighted by atomic mass is 15.1. The van der Waals surface area contributed by atoms with Gasteiger partial charge in [-0.3, -0.25) is 15.1 Å². The zero-order valence-electron chi connectivity index (χ0n) is 9.96. The Balaban J connectivity index is 1.91. The van der Waals surface area contributed by atoms with Crippen molar-refractivity contribution in [2.75, 3.05) is 5.32 Å². The van der Waals surface area contributed by atoms with Gasteiger partial charge in [-0.25, -0.2) is 0 Å². The number of rotatable bonds is 3. The van der Waals surface area contributed by atoms with Crippen molar-refractivity contribution in [3.8, 4) is 0 Å². The maximum Gasteiger partial charge on any atom is 0.0806 e. The van der Waals surface area contributed by atoms with Crippen molar-refractivity contribution in [3.05, 3.63) is 48.7 Å². The first-order chi connectivity index (χ1) is 8.84. The Labute approximate surface area is 104 Å². The Morgan fingerprint density at radius 3 is 3.00 bits per heavy atom. The fraction of sp³-hybridized carbons (Fsp3) is 0.154. The number of hydrogen-bond acceptors (Lipinski definition) is 4. The number of aromatic amines is 1. The summed E-state index contributed by atoms with van der Waals surface area (Å²) < 4.78 is 0. The van der Waals surface area contributed by atoms with Crippen LogP contribution in [0.3, 0.4) is 0 Å². The summed E-state index contributed by atoms with van der Waals surface area (Å²) in [7, 11) is 0. The second kappa shape index (κ2) is 4.44. The smallest absolute Gasteiger partial charge is 0.0806 e. The van der Waals surface area contributed by atoms with Crippen molar-refractivity contribution in [3.63, 3.8) is 0 Å². The number of hydrogen-bond donors (Lipinski definition) is 2. The molecule has 18 heavy (non-hydrogen) atoms. The van der Waals surface area contributed by atoms with E-state index in [-0.39, 0.29) is 6.04 Å². The highest BCUT2D eigenvalue weighted by molar-refractivity contribution is 5.90. The molecule has 0 fully saturated rings. The largest absolute Gasteiger partial charge is 0.376 e. The van der Waals surface area contributed by atoms with Crippen LogP contribution in [0.2, 0.25) is 0 Å². The SMILES string of the molecule is CC(Nc1cccc2[nH]ncc12)c1cnccn1. The molecule has 1 aromatic carbocycles. The molecule has 0 aliphatic heterocycles. The minimum Gasteiger partial charge on any atom is -0.376 e. The van der Waals surface area contributed by atoms with Crippen molar-refractivity contribution in [2.45, 2.75) is 13.0 Å². The summed E-state index contributed by atoms with van der Waals surface area (Å²) in [5.74, 6) is 0. The zero-order chi connectivity index (χ0) is 12.4. The average Bonchev–Trinajstić information content (AvgIpc) is 2.89. The molecule has 0 aliphatic rings. The second-order valence-electron chi connectivity index (χ2n) is 4.13. The standard InChI is InChI=1S/C13H13N5/c1-9(13-8-14-5-6-15-13)17-11-3-2-4-12-10(11)7-16-18-12/h2-9,17H,1H3,(H,16,18). The van der Waals surface area contributed by atoms with Crippen LogP contribution in [0.1, 0.15) is 18.7 Å². The van der Waals surface area contributed by atoms with Gasteiger partial charge in [0.15, 0.2) is 0 Å². The number of nitrogens with zero attached hydrogens (tertiary/aromatic N) is 3. The van der Waals surface area contributed by atoms with E-state index in [1.807, 2.05) is 24.4 Å². The van der Waals surface area contributed by atoms with Crippen LogP contribution in [0.15, 0.2) is 43.0 Å². The molecule has 90 valence electrons. The third kappa shape index (κ3) is 1.90. The van der Waals surface area contributed by atoms with E-state index in [1.165, 1.54) is 0 Å². The quantitative estimate of drug-likeness (QED) is 0.737. The zero-order valence-corrected chi connectivity index (χ0v) is 9.96. The first-order valence-corrected chi connectivity index (χ1v) is 5.79. The van der Waals surface area contributed by atoms with Crippen LogP contribution in [0, 0.1) is 0 Å². The van der Waals surface area contributed by atoms with E-state index in [2.05, 4.69) is 32.4 Å². The molecule has 3 rings (SSSR count). The molecule has 2 heterocycles. The Bertz CT molecular complexity index is 647. The van der Waals surface area contributed by atoms with Crippen LogP contribution in [-0.4, -0.2) is 20.2 Å². The third-order valence-electron chi connectivity index (χ3n) is 2.88. The molecular formula is C13H13N5. The van der Waals surface area contributed by atoms with Gasteiger partial charge in [0, 0.05) is 23.5 Å². The number of benzene rings is 1. The molecule has 0 bridgehead atoms. The fourth-order valence-electron chi connectivity index (χ4n) is 1.94. The second-order valence-corrected chi connectivity index (χ2v) is 4.13. The summed E-state index contributed by atoms with van der Waals surface area (Å²) in [5.41, 5.74) is 2.98. The molecule has 1 unspecified atom stereocenters. The van der Waals surface area contributed by atoms with Gasteiger partial charge >= 0.3 is 0 Å². The molecule has 2 N–H and O–H groups in total. The van der Waals surface area contributed by atoms with Crippen molar-refractivity contribution in [1.82, 2.24) is 20.2 Å². The van der Waals surface area contributed by atoms with Gasteiger partial charge in [-0.1, -0.05) is 6.07 Å². The molecule has 2 aromatic heterocycles. The molecule has 0 radical (unpaired) electrons. The molecule has 0 amide bonds. The number of nitrogens with one attached hydrogen (secondary N) is 2. The van der Waals surface area contributed by atoms with Gasteiger partial charge < -0.3 is 5.32 Å². The van der Waals surface area contributed by atoms with Crippen molar-refractivity contribution in [1.29, 1.82) is 0 Å². The van der Waals surface area contributed by atoms with Gasteiger partial charge in [0.25, 0.3) is 0 Å². The van der Waals surface area contributed by atoms with Crippen LogP contribution < -0.4 is 5.32 Å². The van der Waals surface area contributed by atoms with Gasteiger partial charge in [-0.15, -0.1) is 0 Å². The topological polar surface area (TPSA) is 66.5 Å². The van der Waals surface area contributed by atoms with E-state index in [4.69, 9.17) is 0 Å². The monoisotopic (exact) mass is 239 g/mol. The van der Waals surface area contributed by atoms with Crippen molar-refractivity contribution in [2.24, 2.45) is 0 Å². The number of fused-ring (bicyclic) bond motifs is 1. The molecule has 5 heteroatoms. The molecule has 0 saturated carbocycles. The molecule has 0 aliphatic carbocycles. The maximum atomic E-state index is 4.29. The summed E-state index contributed by atoms with van der Waals surface area (Å²) in [4.78, 5) is 8.37. The number of anilines is 1. The maximum absolute atomic E-state index is 4.29. The fourth-order valence-corrected chi connectivity index (χ4v) is 1.94. The van der Waals surface area contributed by atoms with Gasteiger partial charge in [-0.05, 0) is 19.1 Å². The molecule has 3 aromatic rings. The first kappa shape index (κ1) is 10.7. The number of aromatic nitrogens is 4. The average molecular weight is 239 g/mol. The molecule has 0 spiro atoms. The third-order valence-corrected chi connectivity index (χ3v) is 2.88. The van der Waals surface area contributed by atoms with Crippen LogP contribution >= 0.6 is 0 Å².